The summed E-state index contributed by atoms with van der Waals surface area (Å²) in [5.41, 5.74) is 0. The van der Waals surface area contributed by atoms with Gasteiger partial charge in [-0.25, -0.2) is 0 Å². The van der Waals surface area contributed by atoms with Crippen LogP contribution < -0.4 is 5.32 Å². The Balaban J connectivity index is 2.40. The van der Waals surface area contributed by atoms with Gasteiger partial charge in [0.2, 0.25) is 5.91 Å². The number of amides is 1. The lowest BCUT2D eigenvalue weighted by Gasteiger charge is -2.40. The summed E-state index contributed by atoms with van der Waals surface area (Å²) in [4.78, 5) is 13.1. The summed E-state index contributed by atoms with van der Waals surface area (Å²) < 4.78 is 11.1. The van der Waals surface area contributed by atoms with Gasteiger partial charge in [-0.3, -0.25) is 4.79 Å². The Morgan fingerprint density at radius 1 is 0.586 bits per heavy atom. The van der Waals surface area contributed by atoms with Crippen LogP contribution in [0.2, 0.25) is 0 Å². The van der Waals surface area contributed by atoms with Crippen LogP contribution >= 0.6 is 0 Å². The first-order valence-electron chi connectivity index (χ1n) is 24.1. The van der Waals surface area contributed by atoms with Crippen molar-refractivity contribution in [2.75, 3.05) is 13.2 Å². The SMILES string of the molecule is CCCCCCCCCCCC/C=C\CCCCCCCCC(O)C(=O)NC(COC1OC(CO)C(O)C(O)C1O)C(O)C(O)CCCCCCCCCCCCC. The Labute approximate surface area is 353 Å². The fourth-order valence-electron chi connectivity index (χ4n) is 7.79. The standard InChI is InChI=1S/C47H91NO10/c1-3-5-7-9-11-13-15-16-17-18-19-20-21-22-23-25-27-29-31-33-35-40(51)46(56)48-38(37-57-47-45(55)44(54)43(53)41(36-49)58-47)42(52)39(50)34-32-30-28-26-24-14-12-10-8-6-4-2/h20-21,38-45,47,49-55H,3-19,22-37H2,1-2H3,(H,48,56)/b21-20-. The van der Waals surface area contributed by atoms with Gasteiger partial charge in [-0.05, 0) is 38.5 Å². The normalized spacial score (nSPS) is 22.0. The lowest BCUT2D eigenvalue weighted by atomic mass is 9.98. The number of rotatable bonds is 40. The summed E-state index contributed by atoms with van der Waals surface area (Å²) in [6.07, 6.45) is 28.3. The van der Waals surface area contributed by atoms with E-state index in [1.165, 1.54) is 122 Å². The lowest BCUT2D eigenvalue weighted by Crippen LogP contribution is -2.60. The first-order chi connectivity index (χ1) is 28.2. The number of aliphatic hydroxyl groups is 7. The Kier molecular flexibility index (Phi) is 35.6. The van der Waals surface area contributed by atoms with Gasteiger partial charge in [-0.2, -0.15) is 0 Å². The molecule has 11 nitrogen and oxygen atoms in total. The monoisotopic (exact) mass is 830 g/mol. The molecule has 1 heterocycles. The van der Waals surface area contributed by atoms with Crippen LogP contribution in [0, 0.1) is 0 Å². The van der Waals surface area contributed by atoms with E-state index in [0.29, 0.717) is 19.3 Å². The van der Waals surface area contributed by atoms with Gasteiger partial charge in [-0.1, -0.05) is 187 Å². The van der Waals surface area contributed by atoms with Gasteiger partial charge in [0.25, 0.3) is 0 Å². The number of hydrogen-bond acceptors (Lipinski definition) is 10. The van der Waals surface area contributed by atoms with Crippen molar-refractivity contribution < 1.29 is 50.0 Å². The lowest BCUT2D eigenvalue weighted by molar-refractivity contribution is -0.303. The van der Waals surface area contributed by atoms with E-state index in [4.69, 9.17) is 9.47 Å². The smallest absolute Gasteiger partial charge is 0.249 e. The summed E-state index contributed by atoms with van der Waals surface area (Å²) in [6.45, 7) is 3.43. The average molecular weight is 830 g/mol. The Hall–Kier alpha value is -1.15. The summed E-state index contributed by atoms with van der Waals surface area (Å²) in [5, 5.41) is 75.6. The predicted molar refractivity (Wildman–Crippen MR) is 233 cm³/mol. The van der Waals surface area contributed by atoms with Crippen molar-refractivity contribution in [3.05, 3.63) is 12.2 Å². The third kappa shape index (κ3) is 26.9. The van der Waals surface area contributed by atoms with Gasteiger partial charge in [0.1, 0.15) is 36.6 Å². The minimum atomic E-state index is -1.66. The van der Waals surface area contributed by atoms with E-state index in [2.05, 4.69) is 31.3 Å². The van der Waals surface area contributed by atoms with Crippen LogP contribution in [0.1, 0.15) is 213 Å². The number of carbonyl (C=O) groups is 1. The fraction of sp³-hybridized carbons (Fsp3) is 0.936. The molecule has 0 saturated carbocycles. The number of carbonyl (C=O) groups excluding carboxylic acids is 1. The van der Waals surface area contributed by atoms with Crippen LogP contribution in [0.15, 0.2) is 12.2 Å². The molecule has 1 amide bonds. The summed E-state index contributed by atoms with van der Waals surface area (Å²) in [7, 11) is 0. The van der Waals surface area contributed by atoms with E-state index < -0.39 is 74.2 Å². The summed E-state index contributed by atoms with van der Waals surface area (Å²) in [5.74, 6) is -0.701. The number of unbranched alkanes of at least 4 members (excludes halogenated alkanes) is 26. The average Bonchev–Trinajstić information content (AvgIpc) is 3.22. The van der Waals surface area contributed by atoms with Crippen molar-refractivity contribution in [3.8, 4) is 0 Å². The zero-order chi connectivity index (χ0) is 42.6. The first-order valence-corrected chi connectivity index (χ1v) is 24.1. The molecule has 0 bridgehead atoms. The van der Waals surface area contributed by atoms with Gasteiger partial charge < -0.3 is 50.5 Å². The molecule has 0 aromatic heterocycles. The van der Waals surface area contributed by atoms with Crippen molar-refractivity contribution in [3.63, 3.8) is 0 Å². The summed E-state index contributed by atoms with van der Waals surface area (Å²) in [6, 6.07) is -1.17. The second-order valence-corrected chi connectivity index (χ2v) is 17.2. The van der Waals surface area contributed by atoms with Crippen molar-refractivity contribution in [2.24, 2.45) is 0 Å². The Morgan fingerprint density at radius 2 is 1.00 bits per heavy atom. The van der Waals surface area contributed by atoms with Crippen LogP contribution in [-0.2, 0) is 14.3 Å². The van der Waals surface area contributed by atoms with Crippen molar-refractivity contribution in [1.29, 1.82) is 0 Å². The quantitative estimate of drug-likeness (QED) is 0.0222. The largest absolute Gasteiger partial charge is 0.394 e. The number of nitrogens with one attached hydrogen (secondary N) is 1. The van der Waals surface area contributed by atoms with Gasteiger partial charge >= 0.3 is 0 Å². The maximum absolute atomic E-state index is 13.1. The van der Waals surface area contributed by atoms with E-state index in [1.54, 1.807) is 0 Å². The van der Waals surface area contributed by atoms with E-state index >= 15 is 0 Å². The molecule has 1 fully saturated rings. The highest BCUT2D eigenvalue weighted by Crippen LogP contribution is 2.23. The zero-order valence-electron chi connectivity index (χ0n) is 37.0. The van der Waals surface area contributed by atoms with E-state index in [-0.39, 0.29) is 6.42 Å². The second kappa shape index (κ2) is 37.6. The first kappa shape index (κ1) is 54.9. The predicted octanol–water partition coefficient (Wildman–Crippen LogP) is 8.06. The molecule has 0 aromatic carbocycles. The molecule has 1 rings (SSSR count). The van der Waals surface area contributed by atoms with Crippen LogP contribution in [0.3, 0.4) is 0 Å². The molecule has 1 saturated heterocycles. The fourth-order valence-corrected chi connectivity index (χ4v) is 7.79. The van der Waals surface area contributed by atoms with Crippen molar-refractivity contribution in [1.82, 2.24) is 5.32 Å². The van der Waals surface area contributed by atoms with Crippen LogP contribution in [0.4, 0.5) is 0 Å². The maximum Gasteiger partial charge on any atom is 0.249 e. The van der Waals surface area contributed by atoms with Crippen molar-refractivity contribution in [2.45, 2.75) is 268 Å². The van der Waals surface area contributed by atoms with Crippen LogP contribution in [0.5, 0.6) is 0 Å². The highest BCUT2D eigenvalue weighted by atomic mass is 16.7. The molecule has 1 aliphatic rings. The van der Waals surface area contributed by atoms with Gasteiger partial charge in [0, 0.05) is 0 Å². The molecule has 1 aliphatic heterocycles. The molecule has 58 heavy (non-hydrogen) atoms. The highest BCUT2D eigenvalue weighted by molar-refractivity contribution is 5.80. The second-order valence-electron chi connectivity index (χ2n) is 17.2. The molecular formula is C47H91NO10. The zero-order valence-corrected chi connectivity index (χ0v) is 37.0. The number of allylic oxidation sites excluding steroid dienone is 2. The molecule has 9 unspecified atom stereocenters. The minimum absolute atomic E-state index is 0.255. The molecule has 11 heteroatoms. The molecule has 0 radical (unpaired) electrons. The Bertz CT molecular complexity index is 954. The van der Waals surface area contributed by atoms with Gasteiger partial charge in [-0.15, -0.1) is 0 Å². The molecular weight excluding hydrogens is 739 g/mol. The topological polar surface area (TPSA) is 189 Å². The minimum Gasteiger partial charge on any atom is -0.394 e. The third-order valence-corrected chi connectivity index (χ3v) is 11.8. The number of aliphatic hydroxyl groups excluding tert-OH is 7. The molecule has 0 aromatic rings. The van der Waals surface area contributed by atoms with Crippen LogP contribution in [-0.4, -0.2) is 110 Å². The van der Waals surface area contributed by atoms with E-state index in [1.807, 2.05) is 0 Å². The third-order valence-electron chi connectivity index (χ3n) is 11.8. The number of ether oxygens (including phenoxy) is 2. The highest BCUT2D eigenvalue weighted by Gasteiger charge is 2.44. The van der Waals surface area contributed by atoms with Crippen molar-refractivity contribution >= 4 is 5.91 Å². The Morgan fingerprint density at radius 3 is 1.45 bits per heavy atom. The molecule has 8 N–H and O–H groups in total. The van der Waals surface area contributed by atoms with E-state index in [9.17, 15) is 40.5 Å². The maximum atomic E-state index is 13.1. The van der Waals surface area contributed by atoms with Gasteiger partial charge in [0.05, 0.1) is 25.4 Å². The number of hydrogen-bond donors (Lipinski definition) is 8. The molecule has 9 atom stereocenters. The molecule has 0 aliphatic carbocycles. The van der Waals surface area contributed by atoms with Gasteiger partial charge in [0.15, 0.2) is 6.29 Å². The van der Waals surface area contributed by atoms with Crippen LogP contribution in [0.25, 0.3) is 0 Å². The molecule has 344 valence electrons. The molecule has 0 spiro atoms. The van der Waals surface area contributed by atoms with E-state index in [0.717, 1.165) is 51.4 Å². The summed E-state index contributed by atoms with van der Waals surface area (Å²) >= 11 is 0.